The Hall–Kier alpha value is -2.24. The van der Waals surface area contributed by atoms with Crippen LogP contribution in [0.1, 0.15) is 24.5 Å². The van der Waals surface area contributed by atoms with Crippen LogP contribution in [0.25, 0.3) is 0 Å². The van der Waals surface area contributed by atoms with E-state index in [1.165, 1.54) is 22.8 Å². The summed E-state index contributed by atoms with van der Waals surface area (Å²) in [6.45, 7) is 1.65. The molecule has 194 valence electrons. The van der Waals surface area contributed by atoms with Crippen molar-refractivity contribution in [2.24, 2.45) is 10.5 Å². The van der Waals surface area contributed by atoms with Gasteiger partial charge in [-0.1, -0.05) is 33.6 Å². The van der Waals surface area contributed by atoms with Crippen molar-refractivity contribution in [2.75, 3.05) is 37.0 Å². The Bertz CT molecular complexity index is 1150. The van der Waals surface area contributed by atoms with Gasteiger partial charge in [-0.2, -0.15) is 30.0 Å². The van der Waals surface area contributed by atoms with Crippen LogP contribution in [-0.2, 0) is 20.5 Å². The van der Waals surface area contributed by atoms with Gasteiger partial charge in [-0.15, -0.1) is 0 Å². The number of carbonyl (C=O) groups is 2. The summed E-state index contributed by atoms with van der Waals surface area (Å²) >= 11 is 10.8. The SMILES string of the molecule is CCOC(=O)C1(CCSC)CN(CC(=O)Nc2ccc(Br)cc2)N=C1c1ccc(C(F)(F)F)c(Cl)c1. The lowest BCUT2D eigenvalue weighted by molar-refractivity contribution is -0.151. The van der Waals surface area contributed by atoms with E-state index in [1.54, 1.807) is 31.2 Å². The number of alkyl halides is 3. The molecule has 0 saturated heterocycles. The van der Waals surface area contributed by atoms with Crippen LogP contribution < -0.4 is 5.32 Å². The number of carbonyl (C=O) groups excluding carboxylic acids is 2. The molecular weight excluding hydrogens is 583 g/mol. The molecule has 1 atom stereocenters. The third-order valence-corrected chi connectivity index (χ3v) is 7.00. The van der Waals surface area contributed by atoms with Crippen LogP contribution in [0.2, 0.25) is 5.02 Å². The molecule has 36 heavy (non-hydrogen) atoms. The molecular formula is C24H24BrClF3N3O3S. The van der Waals surface area contributed by atoms with Gasteiger partial charge in [0.15, 0.2) is 0 Å². The van der Waals surface area contributed by atoms with Crippen LogP contribution >= 0.6 is 39.3 Å². The van der Waals surface area contributed by atoms with Crippen molar-refractivity contribution >= 4 is 62.6 Å². The monoisotopic (exact) mass is 605 g/mol. The van der Waals surface area contributed by atoms with Gasteiger partial charge in [0.25, 0.3) is 0 Å². The molecule has 12 heteroatoms. The van der Waals surface area contributed by atoms with Crippen LogP contribution in [-0.4, -0.2) is 54.3 Å². The fourth-order valence-corrected chi connectivity index (χ4v) is 4.99. The minimum atomic E-state index is -4.62. The molecule has 0 bridgehead atoms. The van der Waals surface area contributed by atoms with E-state index < -0.39 is 28.1 Å². The Morgan fingerprint density at radius 1 is 1.25 bits per heavy atom. The van der Waals surface area contributed by atoms with Gasteiger partial charge in [0.2, 0.25) is 5.91 Å². The maximum Gasteiger partial charge on any atom is 0.417 e. The summed E-state index contributed by atoms with van der Waals surface area (Å²) in [6.07, 6.45) is -2.43. The van der Waals surface area contributed by atoms with Gasteiger partial charge in [0.1, 0.15) is 12.0 Å². The number of rotatable bonds is 9. The van der Waals surface area contributed by atoms with Crippen molar-refractivity contribution < 1.29 is 27.5 Å². The van der Waals surface area contributed by atoms with Crippen molar-refractivity contribution in [1.29, 1.82) is 0 Å². The number of amides is 1. The molecule has 1 amide bonds. The first-order chi connectivity index (χ1) is 17.0. The van der Waals surface area contributed by atoms with E-state index in [-0.39, 0.29) is 36.9 Å². The number of nitrogens with zero attached hydrogens (tertiary/aromatic N) is 2. The standard InChI is InChI=1S/C24H24BrClF3N3O3S/c1-3-35-22(34)23(10-11-36-2)14-32(13-20(33)30-17-7-5-16(25)6-8-17)31-21(23)15-4-9-18(19(26)12-15)24(27,28)29/h4-9,12H,3,10-11,13-14H2,1-2H3,(H,30,33). The van der Waals surface area contributed by atoms with Gasteiger partial charge in [0.05, 0.1) is 29.4 Å². The Kier molecular flexibility index (Phi) is 9.34. The highest BCUT2D eigenvalue weighted by atomic mass is 79.9. The molecule has 1 heterocycles. The molecule has 0 aliphatic carbocycles. The van der Waals surface area contributed by atoms with E-state index in [2.05, 4.69) is 26.3 Å². The molecule has 1 aliphatic rings. The van der Waals surface area contributed by atoms with E-state index in [4.69, 9.17) is 16.3 Å². The minimum absolute atomic E-state index is 0.0358. The second-order valence-electron chi connectivity index (χ2n) is 8.06. The lowest BCUT2D eigenvalue weighted by Crippen LogP contribution is -2.44. The number of benzene rings is 2. The number of esters is 1. The van der Waals surface area contributed by atoms with Crippen LogP contribution in [0.15, 0.2) is 52.0 Å². The predicted octanol–water partition coefficient (Wildman–Crippen LogP) is 6.08. The molecule has 2 aromatic carbocycles. The van der Waals surface area contributed by atoms with E-state index >= 15 is 0 Å². The molecule has 1 aliphatic heterocycles. The largest absolute Gasteiger partial charge is 0.465 e. The summed E-state index contributed by atoms with van der Waals surface area (Å²) in [6, 6.07) is 10.3. The second-order valence-corrected chi connectivity index (χ2v) is 10.4. The van der Waals surface area contributed by atoms with E-state index in [0.29, 0.717) is 17.9 Å². The molecule has 1 unspecified atom stereocenters. The molecule has 0 aromatic heterocycles. The molecule has 0 fully saturated rings. The highest BCUT2D eigenvalue weighted by molar-refractivity contribution is 9.10. The van der Waals surface area contributed by atoms with E-state index in [0.717, 1.165) is 16.6 Å². The van der Waals surface area contributed by atoms with Crippen molar-refractivity contribution in [2.45, 2.75) is 19.5 Å². The molecule has 1 N–H and O–H groups in total. The first kappa shape index (κ1) is 28.3. The van der Waals surface area contributed by atoms with Gasteiger partial charge in [-0.25, -0.2) is 0 Å². The van der Waals surface area contributed by atoms with Crippen LogP contribution in [0.5, 0.6) is 0 Å². The lowest BCUT2D eigenvalue weighted by atomic mass is 9.77. The summed E-state index contributed by atoms with van der Waals surface area (Å²) in [5, 5.41) is 8.23. The normalized spacial score (nSPS) is 17.6. The quantitative estimate of drug-likeness (QED) is 0.350. The zero-order chi connectivity index (χ0) is 26.5. The fraction of sp³-hybridized carbons (Fsp3) is 0.375. The number of halogens is 5. The smallest absolute Gasteiger partial charge is 0.417 e. The predicted molar refractivity (Wildman–Crippen MR) is 139 cm³/mol. The molecule has 2 aromatic rings. The maximum absolute atomic E-state index is 13.3. The van der Waals surface area contributed by atoms with Crippen molar-refractivity contribution in [3.05, 3.63) is 63.1 Å². The summed E-state index contributed by atoms with van der Waals surface area (Å²) in [5.41, 5.74) is -1.19. The summed E-state index contributed by atoms with van der Waals surface area (Å²) in [4.78, 5) is 26.0. The van der Waals surface area contributed by atoms with Crippen molar-refractivity contribution in [3.8, 4) is 0 Å². The number of hydrazone groups is 1. The number of ether oxygens (including phenoxy) is 1. The van der Waals surface area contributed by atoms with Crippen molar-refractivity contribution in [1.82, 2.24) is 5.01 Å². The maximum atomic E-state index is 13.3. The average molecular weight is 607 g/mol. The number of hydrogen-bond donors (Lipinski definition) is 1. The molecule has 0 radical (unpaired) electrons. The van der Waals surface area contributed by atoms with Crippen molar-refractivity contribution in [3.63, 3.8) is 0 Å². The highest BCUT2D eigenvalue weighted by Crippen LogP contribution is 2.40. The Balaban J connectivity index is 1.97. The summed E-state index contributed by atoms with van der Waals surface area (Å²) < 4.78 is 46.0. The molecule has 3 rings (SSSR count). The van der Waals surface area contributed by atoms with Crippen LogP contribution in [0, 0.1) is 5.41 Å². The van der Waals surface area contributed by atoms with Crippen LogP contribution in [0.3, 0.4) is 0 Å². The third-order valence-electron chi connectivity index (χ3n) is 5.55. The van der Waals surface area contributed by atoms with Gasteiger partial charge in [-0.05, 0) is 61.8 Å². The Morgan fingerprint density at radius 3 is 2.53 bits per heavy atom. The summed E-state index contributed by atoms with van der Waals surface area (Å²) in [7, 11) is 0. The van der Waals surface area contributed by atoms with Crippen LogP contribution in [0.4, 0.5) is 18.9 Å². The van der Waals surface area contributed by atoms with E-state index in [1.807, 2.05) is 6.26 Å². The first-order valence-corrected chi connectivity index (χ1v) is 13.5. The fourth-order valence-electron chi connectivity index (χ4n) is 3.88. The zero-order valence-electron chi connectivity index (χ0n) is 19.5. The number of hydrogen-bond acceptors (Lipinski definition) is 6. The highest BCUT2D eigenvalue weighted by Gasteiger charge is 2.51. The topological polar surface area (TPSA) is 71.0 Å². The first-order valence-electron chi connectivity index (χ1n) is 10.9. The Morgan fingerprint density at radius 2 is 1.94 bits per heavy atom. The average Bonchev–Trinajstić information content (AvgIpc) is 3.17. The molecule has 6 nitrogen and oxygen atoms in total. The van der Waals surface area contributed by atoms with Gasteiger partial charge in [-0.3, -0.25) is 14.6 Å². The van der Waals surface area contributed by atoms with Gasteiger partial charge in [0, 0.05) is 15.7 Å². The second kappa shape index (κ2) is 11.9. The lowest BCUT2D eigenvalue weighted by Gasteiger charge is -2.29. The third kappa shape index (κ3) is 6.54. The molecule has 0 saturated carbocycles. The number of anilines is 1. The van der Waals surface area contributed by atoms with Gasteiger partial charge >= 0.3 is 12.1 Å². The van der Waals surface area contributed by atoms with Gasteiger partial charge < -0.3 is 10.1 Å². The minimum Gasteiger partial charge on any atom is -0.465 e. The number of thioether (sulfide) groups is 1. The zero-order valence-corrected chi connectivity index (χ0v) is 22.7. The number of nitrogens with one attached hydrogen (secondary N) is 1. The summed E-state index contributed by atoms with van der Waals surface area (Å²) in [5.74, 6) is -0.356. The van der Waals surface area contributed by atoms with E-state index in [9.17, 15) is 22.8 Å². The molecule has 0 spiro atoms. The Labute approximate surface area is 224 Å².